The standard InChI is InChI=1S/C23H20N4O3S/c24-16-12-17(18-10-11-19(31-18)23(28)29)27-21(20(16)22(25)26)13-6-8-15(9-7-13)30-14-4-2-1-3-5-14/h1-6,8,10-12H,7,9H2,(H2,24,27)(H3,25,26)(H,28,29)/p+1. The molecular formula is C23H21N4O3S+. The number of benzene rings is 1. The van der Waals surface area contributed by atoms with Gasteiger partial charge in [0, 0.05) is 6.42 Å². The Balaban J connectivity index is 1.71. The molecular weight excluding hydrogens is 412 g/mol. The summed E-state index contributed by atoms with van der Waals surface area (Å²) < 4.78 is 5.92. The van der Waals surface area contributed by atoms with Crippen molar-refractivity contribution in [1.29, 1.82) is 0 Å². The van der Waals surface area contributed by atoms with Gasteiger partial charge in [-0.25, -0.2) is 9.78 Å². The third-order valence-corrected chi connectivity index (χ3v) is 5.91. The summed E-state index contributed by atoms with van der Waals surface area (Å²) in [7, 11) is 0. The van der Waals surface area contributed by atoms with Crippen LogP contribution in [0.5, 0.6) is 5.75 Å². The zero-order chi connectivity index (χ0) is 22.0. The number of carboxylic acids is 1. The minimum atomic E-state index is -0.980. The van der Waals surface area contributed by atoms with E-state index < -0.39 is 5.97 Å². The van der Waals surface area contributed by atoms with Crippen LogP contribution >= 0.6 is 11.3 Å². The van der Waals surface area contributed by atoms with Crippen LogP contribution in [-0.2, 0) is 0 Å². The smallest absolute Gasteiger partial charge is 0.345 e. The number of anilines is 1. The Morgan fingerprint density at radius 2 is 1.90 bits per heavy atom. The number of ether oxygens (including phenoxy) is 1. The summed E-state index contributed by atoms with van der Waals surface area (Å²) in [6, 6.07) is 14.5. The van der Waals surface area contributed by atoms with E-state index in [1.807, 2.05) is 42.5 Å². The molecule has 1 aromatic carbocycles. The molecule has 3 aromatic rings. The van der Waals surface area contributed by atoms with Gasteiger partial charge in [-0.1, -0.05) is 24.3 Å². The summed E-state index contributed by atoms with van der Waals surface area (Å²) in [6.07, 6.45) is 5.18. The predicted octanol–water partition coefficient (Wildman–Crippen LogP) is 2.70. The first kappa shape index (κ1) is 20.4. The van der Waals surface area contributed by atoms with Gasteiger partial charge in [0.05, 0.1) is 22.0 Å². The van der Waals surface area contributed by atoms with Gasteiger partial charge < -0.3 is 15.6 Å². The van der Waals surface area contributed by atoms with Crippen LogP contribution in [0.1, 0.15) is 33.8 Å². The van der Waals surface area contributed by atoms with E-state index in [1.54, 1.807) is 18.2 Å². The van der Waals surface area contributed by atoms with Crippen LogP contribution in [0, 0.1) is 0 Å². The van der Waals surface area contributed by atoms with Crippen LogP contribution in [0.3, 0.4) is 0 Å². The average molecular weight is 434 g/mol. The molecule has 0 saturated heterocycles. The molecule has 1 aliphatic carbocycles. The number of nitrogens with two attached hydrogens (primary N) is 3. The zero-order valence-electron chi connectivity index (χ0n) is 16.5. The summed E-state index contributed by atoms with van der Waals surface area (Å²) in [4.78, 5) is 16.9. The van der Waals surface area contributed by atoms with E-state index in [9.17, 15) is 9.90 Å². The van der Waals surface area contributed by atoms with Gasteiger partial charge in [-0.05, 0) is 48.4 Å². The summed E-state index contributed by atoms with van der Waals surface area (Å²) >= 11 is 1.14. The first-order valence-electron chi connectivity index (χ1n) is 9.57. The maximum atomic E-state index is 11.2. The number of nitrogen functional groups attached to an aromatic ring is 1. The molecule has 0 unspecified atom stereocenters. The molecule has 0 bridgehead atoms. The molecule has 0 atom stereocenters. The van der Waals surface area contributed by atoms with Crippen molar-refractivity contribution in [1.82, 2.24) is 4.98 Å². The quantitative estimate of drug-likeness (QED) is 0.348. The highest BCUT2D eigenvalue weighted by Crippen LogP contribution is 2.35. The number of nitrogens with zero attached hydrogens (tertiary/aromatic N) is 1. The Morgan fingerprint density at radius 3 is 2.52 bits per heavy atom. The van der Waals surface area contributed by atoms with Crippen LogP contribution in [0.25, 0.3) is 16.1 Å². The normalized spacial score (nSPS) is 13.3. The molecule has 1 aliphatic rings. The molecule has 0 radical (unpaired) electrons. The van der Waals surface area contributed by atoms with Crippen molar-refractivity contribution >= 4 is 34.4 Å². The van der Waals surface area contributed by atoms with Crippen molar-refractivity contribution in [3.05, 3.63) is 82.6 Å². The summed E-state index contributed by atoms with van der Waals surface area (Å²) in [5.41, 5.74) is 15.2. The molecule has 7 nitrogen and oxygen atoms in total. The van der Waals surface area contributed by atoms with Gasteiger partial charge in [0.15, 0.2) is 0 Å². The highest BCUT2D eigenvalue weighted by atomic mass is 32.1. The van der Waals surface area contributed by atoms with E-state index in [-0.39, 0.29) is 10.7 Å². The second kappa shape index (κ2) is 8.45. The SMILES string of the molecule is NC(=[NH2+])c1c(N)cc(-c2ccc(C(=O)O)s2)nc1C1=CC=C(Oc2ccccc2)CC1. The molecule has 2 heterocycles. The van der Waals surface area contributed by atoms with E-state index in [0.717, 1.165) is 28.4 Å². The minimum Gasteiger partial charge on any atom is -0.477 e. The number of aromatic nitrogens is 1. The van der Waals surface area contributed by atoms with E-state index in [0.29, 0.717) is 40.4 Å². The number of thiophene rings is 1. The fraction of sp³-hybridized carbons (Fsp3) is 0.0870. The molecule has 0 aliphatic heterocycles. The number of pyridine rings is 1. The topological polar surface area (TPSA) is 137 Å². The number of hydrogen-bond acceptors (Lipinski definition) is 5. The first-order valence-corrected chi connectivity index (χ1v) is 10.4. The maximum absolute atomic E-state index is 11.2. The van der Waals surface area contributed by atoms with Crippen LogP contribution in [0.15, 0.2) is 66.4 Å². The maximum Gasteiger partial charge on any atom is 0.345 e. The molecule has 0 spiro atoms. The molecule has 0 amide bonds. The predicted molar refractivity (Wildman–Crippen MR) is 122 cm³/mol. The van der Waals surface area contributed by atoms with Crippen LogP contribution in [0.4, 0.5) is 5.69 Å². The van der Waals surface area contributed by atoms with Crippen LogP contribution in [0.2, 0.25) is 0 Å². The number of rotatable bonds is 6. The van der Waals surface area contributed by atoms with E-state index in [1.165, 1.54) is 0 Å². The fourth-order valence-electron chi connectivity index (χ4n) is 3.36. The van der Waals surface area contributed by atoms with Crippen LogP contribution in [-0.4, -0.2) is 21.9 Å². The van der Waals surface area contributed by atoms with Crippen molar-refractivity contribution in [3.63, 3.8) is 0 Å². The number of amidine groups is 1. The van der Waals surface area contributed by atoms with Gasteiger partial charge >= 0.3 is 5.97 Å². The molecule has 0 fully saturated rings. The summed E-state index contributed by atoms with van der Waals surface area (Å²) in [5.74, 6) is 0.726. The Morgan fingerprint density at radius 1 is 1.13 bits per heavy atom. The highest BCUT2D eigenvalue weighted by molar-refractivity contribution is 7.17. The summed E-state index contributed by atoms with van der Waals surface area (Å²) in [6.45, 7) is 0. The number of carboxylic acid groups (broad SMARTS) is 1. The van der Waals surface area contributed by atoms with Crippen molar-refractivity contribution in [2.24, 2.45) is 5.73 Å². The lowest BCUT2D eigenvalue weighted by molar-refractivity contribution is -0.114. The van der Waals surface area contributed by atoms with E-state index >= 15 is 0 Å². The largest absolute Gasteiger partial charge is 0.477 e. The van der Waals surface area contributed by atoms with Crippen molar-refractivity contribution in [2.75, 3.05) is 5.73 Å². The number of hydrogen-bond donors (Lipinski definition) is 4. The second-order valence-electron chi connectivity index (χ2n) is 6.98. The molecule has 2 aromatic heterocycles. The van der Waals surface area contributed by atoms with Crippen molar-refractivity contribution in [2.45, 2.75) is 12.8 Å². The Labute approximate surface area is 182 Å². The lowest BCUT2D eigenvalue weighted by atomic mass is 9.95. The lowest BCUT2D eigenvalue weighted by Gasteiger charge is -2.18. The average Bonchev–Trinajstić information content (AvgIpc) is 3.25. The second-order valence-corrected chi connectivity index (χ2v) is 8.07. The molecule has 0 saturated carbocycles. The van der Waals surface area contributed by atoms with Gasteiger partial charge in [0.2, 0.25) is 0 Å². The molecule has 8 heteroatoms. The Kier molecular flexibility index (Phi) is 5.55. The van der Waals surface area contributed by atoms with Crippen molar-refractivity contribution < 1.29 is 20.0 Å². The van der Waals surface area contributed by atoms with Crippen molar-refractivity contribution in [3.8, 4) is 16.3 Å². The van der Waals surface area contributed by atoms with Gasteiger partial charge in [0.25, 0.3) is 5.84 Å². The van der Waals surface area contributed by atoms with Gasteiger partial charge in [-0.2, -0.15) is 0 Å². The summed E-state index contributed by atoms with van der Waals surface area (Å²) in [5, 5.41) is 15.1. The monoisotopic (exact) mass is 433 g/mol. The fourth-order valence-corrected chi connectivity index (χ4v) is 4.16. The third kappa shape index (κ3) is 4.34. The molecule has 31 heavy (non-hydrogen) atoms. The number of aromatic carboxylic acids is 1. The third-order valence-electron chi connectivity index (χ3n) is 4.82. The van der Waals surface area contributed by atoms with E-state index in [4.69, 9.17) is 26.6 Å². The molecule has 156 valence electrons. The number of para-hydroxylation sites is 1. The molecule has 7 N–H and O–H groups in total. The first-order chi connectivity index (χ1) is 14.9. The zero-order valence-corrected chi connectivity index (χ0v) is 17.4. The lowest BCUT2D eigenvalue weighted by Crippen LogP contribution is -2.47. The number of allylic oxidation sites excluding steroid dienone is 4. The molecule has 4 rings (SSSR count). The Hall–Kier alpha value is -3.91. The highest BCUT2D eigenvalue weighted by Gasteiger charge is 2.22. The van der Waals surface area contributed by atoms with Gasteiger partial charge in [-0.3, -0.25) is 11.1 Å². The number of carbonyl (C=O) groups is 1. The van der Waals surface area contributed by atoms with E-state index in [2.05, 4.69) is 0 Å². The van der Waals surface area contributed by atoms with Gasteiger partial charge in [0.1, 0.15) is 21.9 Å². The van der Waals surface area contributed by atoms with Gasteiger partial charge in [-0.15, -0.1) is 11.3 Å². The Bertz CT molecular complexity index is 1230. The van der Waals surface area contributed by atoms with Crippen LogP contribution < -0.4 is 21.6 Å². The minimum absolute atomic E-state index is 0.0835.